The molecule has 0 aliphatic carbocycles. The molecule has 0 radical (unpaired) electrons. The number of fused-ring (bicyclic) bond motifs is 1. The minimum Gasteiger partial charge on any atom is -0.372 e. The van der Waals surface area contributed by atoms with E-state index in [1.165, 1.54) is 28.2 Å². The maximum Gasteiger partial charge on any atom is 0.256 e. The minimum absolute atomic E-state index is 0.0252. The average molecular weight is 539 g/mol. The fourth-order valence-corrected chi connectivity index (χ4v) is 6.05. The van der Waals surface area contributed by atoms with Crippen molar-refractivity contribution in [2.24, 2.45) is 0 Å². The Hall–Kier alpha value is -3.43. The van der Waals surface area contributed by atoms with Gasteiger partial charge in [-0.1, -0.05) is 32.1 Å². The van der Waals surface area contributed by atoms with Gasteiger partial charge >= 0.3 is 0 Å². The number of rotatable bonds is 13. The number of nitrogens with zero attached hydrogens (tertiary/aromatic N) is 3. The van der Waals surface area contributed by atoms with E-state index in [1.807, 2.05) is 6.07 Å². The molecule has 0 unspecified atom stereocenters. The number of aryl methyl sites for hydroxylation is 1. The summed E-state index contributed by atoms with van der Waals surface area (Å²) in [6.45, 7) is 14.4. The summed E-state index contributed by atoms with van der Waals surface area (Å²) in [5.41, 5.74) is 2.35. The number of hydrogen-bond donors (Lipinski definition) is 1. The number of carbonyl (C=O) groups excluding carboxylic acids is 1. The molecule has 0 saturated carbocycles. The highest BCUT2D eigenvalue weighted by atomic mass is 32.2. The van der Waals surface area contributed by atoms with E-state index in [9.17, 15) is 18.0 Å². The van der Waals surface area contributed by atoms with Gasteiger partial charge in [0.15, 0.2) is 0 Å². The van der Waals surface area contributed by atoms with Crippen LogP contribution in [0.5, 0.6) is 0 Å². The number of sulfonamides is 1. The number of amides is 1. The Labute approximate surface area is 225 Å². The van der Waals surface area contributed by atoms with E-state index in [4.69, 9.17) is 0 Å². The summed E-state index contributed by atoms with van der Waals surface area (Å²) < 4.78 is 29.2. The third kappa shape index (κ3) is 6.34. The van der Waals surface area contributed by atoms with Crippen LogP contribution in [0.2, 0.25) is 0 Å². The summed E-state index contributed by atoms with van der Waals surface area (Å²) in [5, 5.41) is 3.05. The minimum atomic E-state index is -3.76. The first kappa shape index (κ1) is 29.1. The van der Waals surface area contributed by atoms with Gasteiger partial charge in [0.25, 0.3) is 5.91 Å². The molecule has 1 heterocycles. The summed E-state index contributed by atoms with van der Waals surface area (Å²) in [7, 11) is -3.76. The fourth-order valence-electron chi connectivity index (χ4n) is 4.56. The second-order valence-corrected chi connectivity index (χ2v) is 11.0. The Morgan fingerprint density at radius 3 is 2.45 bits per heavy atom. The van der Waals surface area contributed by atoms with E-state index < -0.39 is 21.4 Å². The van der Waals surface area contributed by atoms with Crippen molar-refractivity contribution < 1.29 is 13.2 Å². The normalized spacial score (nSPS) is 11.6. The van der Waals surface area contributed by atoms with Crippen LogP contribution in [-0.2, 0) is 16.6 Å². The molecule has 0 spiro atoms. The van der Waals surface area contributed by atoms with E-state index in [0.717, 1.165) is 18.8 Å². The van der Waals surface area contributed by atoms with Gasteiger partial charge in [0, 0.05) is 56.5 Å². The lowest BCUT2D eigenvalue weighted by Crippen LogP contribution is -2.33. The molecule has 3 rings (SSSR count). The highest BCUT2D eigenvalue weighted by molar-refractivity contribution is 7.89. The van der Waals surface area contributed by atoms with Gasteiger partial charge in [-0.15, -0.1) is 6.58 Å². The number of aromatic nitrogens is 1. The SMILES string of the molecule is C=CCn1cc(C(=O)NCCCN(CC)c2cccc(C)c2)c(=O)c2cc(S(=O)(=O)N(CC)CC)ccc21. The van der Waals surface area contributed by atoms with E-state index in [2.05, 4.69) is 48.8 Å². The predicted molar refractivity (Wildman–Crippen MR) is 155 cm³/mol. The molecule has 1 amide bonds. The lowest BCUT2D eigenvalue weighted by Gasteiger charge is -2.23. The topological polar surface area (TPSA) is 91.7 Å². The molecule has 204 valence electrons. The van der Waals surface area contributed by atoms with Crippen molar-refractivity contribution >= 4 is 32.5 Å². The second kappa shape index (κ2) is 12.9. The van der Waals surface area contributed by atoms with Crippen LogP contribution in [0.25, 0.3) is 10.9 Å². The van der Waals surface area contributed by atoms with E-state index in [1.54, 1.807) is 30.6 Å². The molecule has 0 saturated heterocycles. The molecular formula is C29H38N4O4S. The van der Waals surface area contributed by atoms with E-state index in [-0.39, 0.29) is 15.8 Å². The number of carbonyl (C=O) groups is 1. The van der Waals surface area contributed by atoms with Gasteiger partial charge < -0.3 is 14.8 Å². The van der Waals surface area contributed by atoms with Crippen LogP contribution >= 0.6 is 0 Å². The van der Waals surface area contributed by atoms with Gasteiger partial charge in [-0.2, -0.15) is 4.31 Å². The standard InChI is InChI=1S/C29H38N4O4S/c1-6-17-32-21-26(29(35)30-16-11-18-31(7-2)23-13-10-12-22(5)19-23)28(34)25-20-24(14-15-27(25)32)38(36,37)33(8-3)9-4/h6,10,12-15,19-21H,1,7-9,11,16-18H2,2-5H3,(H,30,35). The zero-order valence-electron chi connectivity index (χ0n) is 22.7. The Kier molecular flexibility index (Phi) is 9.88. The van der Waals surface area contributed by atoms with E-state index >= 15 is 0 Å². The van der Waals surface area contributed by atoms with Gasteiger partial charge in [0.1, 0.15) is 5.56 Å². The van der Waals surface area contributed by atoms with Gasteiger partial charge in [-0.05, 0) is 56.2 Å². The maximum atomic E-state index is 13.4. The highest BCUT2D eigenvalue weighted by Crippen LogP contribution is 2.21. The molecule has 0 atom stereocenters. The molecule has 8 nitrogen and oxygen atoms in total. The number of benzene rings is 2. The zero-order chi connectivity index (χ0) is 27.9. The first-order valence-corrected chi connectivity index (χ1v) is 14.5. The maximum absolute atomic E-state index is 13.4. The van der Waals surface area contributed by atoms with Crippen molar-refractivity contribution in [1.82, 2.24) is 14.2 Å². The smallest absolute Gasteiger partial charge is 0.256 e. The fraction of sp³-hybridized carbons (Fsp3) is 0.379. The quantitative estimate of drug-likeness (QED) is 0.261. The number of pyridine rings is 1. The van der Waals surface area contributed by atoms with Crippen molar-refractivity contribution in [3.8, 4) is 0 Å². The number of allylic oxidation sites excluding steroid dienone is 1. The molecule has 9 heteroatoms. The van der Waals surface area contributed by atoms with Crippen molar-refractivity contribution in [2.75, 3.05) is 37.6 Å². The number of hydrogen-bond acceptors (Lipinski definition) is 5. The van der Waals surface area contributed by atoms with Crippen LogP contribution in [0.1, 0.15) is 43.1 Å². The summed E-state index contributed by atoms with van der Waals surface area (Å²) in [5.74, 6) is -0.481. The molecular weight excluding hydrogens is 500 g/mol. The molecule has 2 aromatic carbocycles. The highest BCUT2D eigenvalue weighted by Gasteiger charge is 2.23. The van der Waals surface area contributed by atoms with E-state index in [0.29, 0.717) is 38.1 Å². The summed E-state index contributed by atoms with van der Waals surface area (Å²) in [4.78, 5) is 28.8. The zero-order valence-corrected chi connectivity index (χ0v) is 23.6. The van der Waals surface area contributed by atoms with Crippen LogP contribution in [0.3, 0.4) is 0 Å². The van der Waals surface area contributed by atoms with Crippen LogP contribution in [0, 0.1) is 6.92 Å². The van der Waals surface area contributed by atoms with Gasteiger partial charge in [0.05, 0.1) is 10.4 Å². The molecule has 1 aromatic heterocycles. The Morgan fingerprint density at radius 2 is 1.82 bits per heavy atom. The number of nitrogens with one attached hydrogen (secondary N) is 1. The van der Waals surface area contributed by atoms with Crippen molar-refractivity contribution in [3.63, 3.8) is 0 Å². The predicted octanol–water partition coefficient (Wildman–Crippen LogP) is 4.17. The summed E-state index contributed by atoms with van der Waals surface area (Å²) >= 11 is 0. The third-order valence-corrected chi connectivity index (χ3v) is 8.65. The lowest BCUT2D eigenvalue weighted by atomic mass is 10.1. The Bertz CT molecular complexity index is 1460. The lowest BCUT2D eigenvalue weighted by molar-refractivity contribution is 0.0952. The van der Waals surface area contributed by atoms with Crippen molar-refractivity contribution in [3.05, 3.63) is 82.7 Å². The van der Waals surface area contributed by atoms with Crippen LogP contribution < -0.4 is 15.6 Å². The molecule has 0 aliphatic rings. The Balaban J connectivity index is 1.85. The third-order valence-electron chi connectivity index (χ3n) is 6.60. The first-order chi connectivity index (χ1) is 18.2. The summed E-state index contributed by atoms with van der Waals surface area (Å²) in [6, 6.07) is 12.8. The van der Waals surface area contributed by atoms with Crippen molar-refractivity contribution in [2.45, 2.75) is 45.6 Å². The molecule has 0 fully saturated rings. The van der Waals surface area contributed by atoms with Crippen molar-refractivity contribution in [1.29, 1.82) is 0 Å². The molecule has 3 aromatic rings. The molecule has 0 aliphatic heterocycles. The number of anilines is 1. The monoisotopic (exact) mass is 538 g/mol. The average Bonchev–Trinajstić information content (AvgIpc) is 2.90. The van der Waals surface area contributed by atoms with Crippen LogP contribution in [0.15, 0.2) is 71.0 Å². The molecule has 0 bridgehead atoms. The summed E-state index contributed by atoms with van der Waals surface area (Å²) in [6.07, 6.45) is 3.89. The molecule has 38 heavy (non-hydrogen) atoms. The largest absolute Gasteiger partial charge is 0.372 e. The van der Waals surface area contributed by atoms with Gasteiger partial charge in [-0.3, -0.25) is 9.59 Å². The first-order valence-electron chi connectivity index (χ1n) is 13.1. The second-order valence-electron chi connectivity index (χ2n) is 9.11. The van der Waals surface area contributed by atoms with Gasteiger partial charge in [0.2, 0.25) is 15.5 Å². The Morgan fingerprint density at radius 1 is 1.08 bits per heavy atom. The van der Waals surface area contributed by atoms with Crippen LogP contribution in [0.4, 0.5) is 5.69 Å². The van der Waals surface area contributed by atoms with Gasteiger partial charge in [-0.25, -0.2) is 8.42 Å². The molecule has 1 N–H and O–H groups in total. The van der Waals surface area contributed by atoms with Crippen LogP contribution in [-0.4, -0.2) is 55.9 Å².